The SMILES string of the molecule is CC(c1ccc(F)cc1)N1CCN(C(=O)c2ccc(NS(=O)(=O)c3cccc4cccnc34)cc2)CC1. The Hall–Kier alpha value is -3.82. The first-order valence-corrected chi connectivity index (χ1v) is 13.6. The highest BCUT2D eigenvalue weighted by Gasteiger charge is 2.26. The molecule has 1 saturated heterocycles. The zero-order chi connectivity index (χ0) is 26.0. The van der Waals surface area contributed by atoms with Crippen molar-refractivity contribution in [3.63, 3.8) is 0 Å². The van der Waals surface area contributed by atoms with E-state index in [1.807, 2.05) is 12.1 Å². The molecule has 1 N–H and O–H groups in total. The molecule has 0 bridgehead atoms. The van der Waals surface area contributed by atoms with E-state index in [-0.39, 0.29) is 22.7 Å². The van der Waals surface area contributed by atoms with Crippen molar-refractivity contribution in [2.75, 3.05) is 30.9 Å². The van der Waals surface area contributed by atoms with E-state index in [1.165, 1.54) is 18.2 Å². The molecule has 4 aromatic rings. The van der Waals surface area contributed by atoms with Gasteiger partial charge in [-0.2, -0.15) is 0 Å². The van der Waals surface area contributed by atoms with Crippen LogP contribution in [0.5, 0.6) is 0 Å². The molecule has 1 amide bonds. The fourth-order valence-corrected chi connectivity index (χ4v) is 5.87. The van der Waals surface area contributed by atoms with Gasteiger partial charge < -0.3 is 4.90 Å². The Bertz CT molecular complexity index is 1510. The lowest BCUT2D eigenvalue weighted by molar-refractivity contribution is 0.0582. The summed E-state index contributed by atoms with van der Waals surface area (Å²) in [5.41, 5.74) is 2.30. The monoisotopic (exact) mass is 518 g/mol. The molecule has 0 radical (unpaired) electrons. The zero-order valence-electron chi connectivity index (χ0n) is 20.3. The minimum absolute atomic E-state index is 0.0956. The van der Waals surface area contributed by atoms with Gasteiger partial charge in [-0.15, -0.1) is 0 Å². The lowest BCUT2D eigenvalue weighted by Gasteiger charge is -2.38. The zero-order valence-corrected chi connectivity index (χ0v) is 21.2. The molecule has 9 heteroatoms. The molecule has 1 fully saturated rings. The third-order valence-corrected chi connectivity index (χ3v) is 8.18. The average Bonchev–Trinajstić information content (AvgIpc) is 2.92. The Morgan fingerprint density at radius 3 is 2.30 bits per heavy atom. The van der Waals surface area contributed by atoms with Crippen molar-refractivity contribution < 1.29 is 17.6 Å². The Morgan fingerprint density at radius 1 is 0.919 bits per heavy atom. The second kappa shape index (κ2) is 10.3. The van der Waals surface area contributed by atoms with E-state index < -0.39 is 10.0 Å². The highest BCUT2D eigenvalue weighted by molar-refractivity contribution is 7.93. The second-order valence-corrected chi connectivity index (χ2v) is 10.7. The maximum atomic E-state index is 13.2. The smallest absolute Gasteiger partial charge is 0.264 e. The summed E-state index contributed by atoms with van der Waals surface area (Å²) in [7, 11) is -3.87. The number of amides is 1. The van der Waals surface area contributed by atoms with Crippen molar-refractivity contribution in [2.45, 2.75) is 17.9 Å². The van der Waals surface area contributed by atoms with Crippen molar-refractivity contribution in [2.24, 2.45) is 0 Å². The highest BCUT2D eigenvalue weighted by atomic mass is 32.2. The number of para-hydroxylation sites is 1. The van der Waals surface area contributed by atoms with Crippen LogP contribution in [0.2, 0.25) is 0 Å². The summed E-state index contributed by atoms with van der Waals surface area (Å²) in [5, 5.41) is 0.735. The van der Waals surface area contributed by atoms with Crippen LogP contribution in [0.3, 0.4) is 0 Å². The lowest BCUT2D eigenvalue weighted by Crippen LogP contribution is -2.49. The molecule has 2 heterocycles. The molecule has 0 spiro atoms. The molecule has 7 nitrogen and oxygen atoms in total. The quantitative estimate of drug-likeness (QED) is 0.400. The first-order chi connectivity index (χ1) is 17.8. The molecule has 0 saturated carbocycles. The van der Waals surface area contributed by atoms with Crippen molar-refractivity contribution in [1.82, 2.24) is 14.8 Å². The van der Waals surface area contributed by atoms with Crippen LogP contribution in [0.15, 0.2) is 90.0 Å². The van der Waals surface area contributed by atoms with Crippen LogP contribution in [0.4, 0.5) is 10.1 Å². The lowest BCUT2D eigenvalue weighted by atomic mass is 10.1. The topological polar surface area (TPSA) is 82.6 Å². The number of halogens is 1. The van der Waals surface area contributed by atoms with Gasteiger partial charge in [0.1, 0.15) is 10.7 Å². The van der Waals surface area contributed by atoms with Crippen molar-refractivity contribution in [1.29, 1.82) is 0 Å². The van der Waals surface area contributed by atoms with Gasteiger partial charge >= 0.3 is 0 Å². The van der Waals surface area contributed by atoms with Crippen molar-refractivity contribution in [3.05, 3.63) is 102 Å². The number of nitrogens with zero attached hydrogens (tertiary/aromatic N) is 3. The van der Waals surface area contributed by atoms with Crippen LogP contribution < -0.4 is 4.72 Å². The van der Waals surface area contributed by atoms with E-state index in [2.05, 4.69) is 21.5 Å². The number of benzene rings is 3. The number of pyridine rings is 1. The van der Waals surface area contributed by atoms with E-state index in [0.717, 1.165) is 10.9 Å². The summed E-state index contributed by atoms with van der Waals surface area (Å²) in [5.74, 6) is -0.350. The fraction of sp³-hybridized carbons (Fsp3) is 0.214. The van der Waals surface area contributed by atoms with E-state index in [4.69, 9.17) is 0 Å². The molecule has 1 aliphatic heterocycles. The Labute approximate surface area is 215 Å². The van der Waals surface area contributed by atoms with Crippen LogP contribution in [-0.2, 0) is 10.0 Å². The van der Waals surface area contributed by atoms with Crippen LogP contribution in [0, 0.1) is 5.82 Å². The van der Waals surface area contributed by atoms with Gasteiger partial charge in [-0.3, -0.25) is 19.4 Å². The van der Waals surface area contributed by atoms with Crippen LogP contribution >= 0.6 is 0 Å². The van der Waals surface area contributed by atoms with Crippen LogP contribution in [-0.4, -0.2) is 55.3 Å². The number of rotatable bonds is 6. The number of piperazine rings is 1. The first-order valence-electron chi connectivity index (χ1n) is 12.1. The van der Waals surface area contributed by atoms with Crippen LogP contribution in [0.25, 0.3) is 10.9 Å². The number of aromatic nitrogens is 1. The second-order valence-electron chi connectivity index (χ2n) is 9.07. The maximum Gasteiger partial charge on any atom is 0.264 e. The summed E-state index contributed by atoms with van der Waals surface area (Å²) in [6.07, 6.45) is 1.56. The van der Waals surface area contributed by atoms with E-state index in [0.29, 0.717) is 42.9 Å². The van der Waals surface area contributed by atoms with Gasteiger partial charge in [0.05, 0.1) is 5.52 Å². The van der Waals surface area contributed by atoms with E-state index in [9.17, 15) is 17.6 Å². The van der Waals surface area contributed by atoms with Gasteiger partial charge in [0, 0.05) is 55.1 Å². The normalized spacial score (nSPS) is 15.5. The Kier molecular flexibility index (Phi) is 6.90. The number of carbonyl (C=O) groups excluding carboxylic acids is 1. The minimum Gasteiger partial charge on any atom is -0.336 e. The average molecular weight is 519 g/mol. The Balaban J connectivity index is 1.22. The van der Waals surface area contributed by atoms with Gasteiger partial charge in [-0.1, -0.05) is 30.3 Å². The van der Waals surface area contributed by atoms with Crippen LogP contribution in [0.1, 0.15) is 28.9 Å². The van der Waals surface area contributed by atoms with Gasteiger partial charge in [0.2, 0.25) is 0 Å². The molecule has 5 rings (SSSR count). The standard InChI is InChI=1S/C28H27FN4O3S/c1-20(21-7-11-24(29)12-8-21)32-16-18-33(19-17-32)28(34)23-9-13-25(14-10-23)31-37(35,36)26-6-2-4-22-5-3-15-30-27(22)26/h2-15,20,31H,16-19H2,1H3. The third-order valence-electron chi connectivity index (χ3n) is 6.77. The number of hydrogen-bond acceptors (Lipinski definition) is 5. The van der Waals surface area contributed by atoms with Gasteiger partial charge in [-0.25, -0.2) is 12.8 Å². The fourth-order valence-electron chi connectivity index (χ4n) is 4.63. The molecule has 3 aromatic carbocycles. The molecule has 1 aromatic heterocycles. The van der Waals surface area contributed by atoms with E-state index >= 15 is 0 Å². The number of carbonyl (C=O) groups is 1. The number of hydrogen-bond donors (Lipinski definition) is 1. The van der Waals surface area contributed by atoms with Crippen molar-refractivity contribution in [3.8, 4) is 0 Å². The summed E-state index contributed by atoms with van der Waals surface area (Å²) in [6, 6.07) is 21.7. The van der Waals surface area contributed by atoms with Crippen molar-refractivity contribution >= 4 is 32.5 Å². The molecular formula is C28H27FN4O3S. The predicted octanol–water partition coefficient (Wildman–Crippen LogP) is 4.69. The molecule has 1 unspecified atom stereocenters. The van der Waals surface area contributed by atoms with Gasteiger partial charge in [0.25, 0.3) is 15.9 Å². The van der Waals surface area contributed by atoms with Gasteiger partial charge in [-0.05, 0) is 61.0 Å². The van der Waals surface area contributed by atoms with E-state index in [1.54, 1.807) is 59.6 Å². The number of fused-ring (bicyclic) bond motifs is 1. The molecule has 190 valence electrons. The highest BCUT2D eigenvalue weighted by Crippen LogP contribution is 2.25. The molecule has 0 aliphatic carbocycles. The predicted molar refractivity (Wildman–Crippen MR) is 141 cm³/mol. The molecule has 1 aliphatic rings. The summed E-state index contributed by atoms with van der Waals surface area (Å²) >= 11 is 0. The summed E-state index contributed by atoms with van der Waals surface area (Å²) in [6.45, 7) is 4.65. The number of nitrogens with one attached hydrogen (secondary N) is 1. The third kappa shape index (κ3) is 5.33. The molecular weight excluding hydrogens is 491 g/mol. The summed E-state index contributed by atoms with van der Waals surface area (Å²) in [4.78, 5) is 21.5. The number of sulfonamides is 1. The minimum atomic E-state index is -3.87. The van der Waals surface area contributed by atoms with Gasteiger partial charge in [0.15, 0.2) is 0 Å². The molecule has 1 atom stereocenters. The maximum absolute atomic E-state index is 13.2. The first kappa shape index (κ1) is 24.9. The summed E-state index contributed by atoms with van der Waals surface area (Å²) < 4.78 is 41.9. The Morgan fingerprint density at radius 2 is 1.59 bits per heavy atom. The number of anilines is 1. The largest absolute Gasteiger partial charge is 0.336 e. The molecule has 37 heavy (non-hydrogen) atoms.